The molecule has 2 amide bonds. The lowest BCUT2D eigenvalue weighted by Gasteiger charge is -2.04. The number of hydrogen-bond acceptors (Lipinski definition) is 2. The van der Waals surface area contributed by atoms with Crippen LogP contribution in [-0.2, 0) is 4.79 Å². The average Bonchev–Trinajstić information content (AvgIpc) is 1.64. The minimum Gasteiger partial charge on any atom is -0.465 e. The molecule has 0 atom stereocenters. The van der Waals surface area contributed by atoms with Gasteiger partial charge >= 0.3 is 6.09 Å². The van der Waals surface area contributed by atoms with Crippen molar-refractivity contribution >= 4 is 24.4 Å². The smallest absolute Gasteiger partial charge is 0.413 e. The molecule has 1 N–H and O–H groups in total. The molecule has 0 radical (unpaired) electrons. The minimum absolute atomic E-state index is 0. The molecule has 0 aromatic rings. The summed E-state index contributed by atoms with van der Waals surface area (Å²) in [6.45, 7) is 1.19. The number of rotatable bonds is 0. The Hall–Kier alpha value is -0.770. The Kier molecular flexibility index (Phi) is 5.10. The molecule has 0 spiro atoms. The van der Waals surface area contributed by atoms with Crippen molar-refractivity contribution in [2.45, 2.75) is 6.92 Å². The van der Waals surface area contributed by atoms with Crippen LogP contribution in [0.2, 0.25) is 0 Å². The quantitative estimate of drug-likeness (QED) is 0.554. The van der Waals surface area contributed by atoms with Crippen LogP contribution < -0.4 is 0 Å². The molecule has 0 aromatic heterocycles. The Morgan fingerprint density at radius 3 is 1.78 bits per heavy atom. The van der Waals surface area contributed by atoms with E-state index in [1.165, 1.54) is 14.0 Å². The first-order chi connectivity index (χ1) is 3.55. The van der Waals surface area contributed by atoms with E-state index in [1.54, 1.807) is 0 Å². The Balaban J connectivity index is 0. The summed E-state index contributed by atoms with van der Waals surface area (Å²) >= 11 is 0. The van der Waals surface area contributed by atoms with E-state index in [0.717, 1.165) is 0 Å². The molecule has 0 aliphatic rings. The molecule has 9 heavy (non-hydrogen) atoms. The maximum absolute atomic E-state index is 10.1. The van der Waals surface area contributed by atoms with Gasteiger partial charge in [0.15, 0.2) is 0 Å². The third-order valence-electron chi connectivity index (χ3n) is 0.759. The lowest BCUT2D eigenvalue weighted by molar-refractivity contribution is -0.125. The van der Waals surface area contributed by atoms with Crippen molar-refractivity contribution in [2.24, 2.45) is 0 Å². The number of amides is 2. The Labute approximate surface area is 58.9 Å². The van der Waals surface area contributed by atoms with Crippen LogP contribution in [0.1, 0.15) is 6.92 Å². The van der Waals surface area contributed by atoms with Crippen LogP contribution in [0.5, 0.6) is 0 Å². The summed E-state index contributed by atoms with van der Waals surface area (Å²) in [6, 6.07) is 0. The van der Waals surface area contributed by atoms with Crippen molar-refractivity contribution in [3.8, 4) is 0 Å². The van der Waals surface area contributed by atoms with E-state index in [2.05, 4.69) is 0 Å². The number of carboxylic acid groups (broad SMARTS) is 1. The minimum atomic E-state index is -1.22. The standard InChI is InChI=1S/C4H7NO3.ClH/c1-3(6)5(2)4(7)8;/h1-2H3,(H,7,8);1H. The van der Waals surface area contributed by atoms with E-state index in [0.29, 0.717) is 4.90 Å². The second-order valence-electron chi connectivity index (χ2n) is 1.36. The molecule has 0 fully saturated rings. The fraction of sp³-hybridized carbons (Fsp3) is 0.500. The largest absolute Gasteiger partial charge is 0.465 e. The molecule has 0 rings (SSSR count). The van der Waals surface area contributed by atoms with Crippen molar-refractivity contribution in [3.63, 3.8) is 0 Å². The summed E-state index contributed by atoms with van der Waals surface area (Å²) in [6.07, 6.45) is -1.22. The molecule has 0 aromatic carbocycles. The fourth-order valence-corrected chi connectivity index (χ4v) is 0.135. The molecular formula is C4H8ClNO3. The number of halogens is 1. The SMILES string of the molecule is CC(=O)N(C)C(=O)O.Cl. The maximum Gasteiger partial charge on any atom is 0.413 e. The van der Waals surface area contributed by atoms with Crippen LogP contribution in [-0.4, -0.2) is 29.1 Å². The molecule has 0 bridgehead atoms. The predicted molar refractivity (Wildman–Crippen MR) is 33.7 cm³/mol. The van der Waals surface area contributed by atoms with Crippen LogP contribution in [0.25, 0.3) is 0 Å². The molecule has 0 aliphatic carbocycles. The summed E-state index contributed by atoms with van der Waals surface area (Å²) < 4.78 is 0. The second-order valence-corrected chi connectivity index (χ2v) is 1.36. The number of hydrogen-bond donors (Lipinski definition) is 1. The van der Waals surface area contributed by atoms with Crippen molar-refractivity contribution < 1.29 is 14.7 Å². The van der Waals surface area contributed by atoms with E-state index in [-0.39, 0.29) is 12.4 Å². The molecule has 0 saturated carbocycles. The fourth-order valence-electron chi connectivity index (χ4n) is 0.135. The van der Waals surface area contributed by atoms with Gasteiger partial charge in [0.1, 0.15) is 0 Å². The molecular weight excluding hydrogens is 146 g/mol. The van der Waals surface area contributed by atoms with Crippen LogP contribution in [0.3, 0.4) is 0 Å². The average molecular weight is 154 g/mol. The van der Waals surface area contributed by atoms with Crippen molar-refractivity contribution in [1.82, 2.24) is 4.90 Å². The summed E-state index contributed by atoms with van der Waals surface area (Å²) in [5, 5.41) is 8.06. The van der Waals surface area contributed by atoms with Crippen LogP contribution in [0.15, 0.2) is 0 Å². The Morgan fingerprint density at radius 1 is 1.44 bits per heavy atom. The monoisotopic (exact) mass is 153 g/mol. The van der Waals surface area contributed by atoms with Gasteiger partial charge in [0.25, 0.3) is 0 Å². The number of imide groups is 1. The highest BCUT2D eigenvalue weighted by Crippen LogP contribution is 1.81. The van der Waals surface area contributed by atoms with E-state index in [4.69, 9.17) is 5.11 Å². The number of carbonyl (C=O) groups is 2. The summed E-state index contributed by atoms with van der Waals surface area (Å²) in [4.78, 5) is 20.6. The van der Waals surface area contributed by atoms with Crippen LogP contribution in [0, 0.1) is 0 Å². The van der Waals surface area contributed by atoms with Crippen molar-refractivity contribution in [1.29, 1.82) is 0 Å². The molecule has 4 nitrogen and oxygen atoms in total. The zero-order valence-corrected chi connectivity index (χ0v) is 5.94. The second kappa shape index (κ2) is 4.14. The third kappa shape index (κ3) is 3.78. The molecule has 0 unspecified atom stereocenters. The van der Waals surface area contributed by atoms with E-state index in [9.17, 15) is 9.59 Å². The summed E-state index contributed by atoms with van der Waals surface area (Å²) in [5.74, 6) is -0.475. The van der Waals surface area contributed by atoms with Gasteiger partial charge < -0.3 is 5.11 Å². The van der Waals surface area contributed by atoms with Gasteiger partial charge in [-0.25, -0.2) is 4.79 Å². The first-order valence-corrected chi connectivity index (χ1v) is 2.03. The lowest BCUT2D eigenvalue weighted by Crippen LogP contribution is -2.29. The zero-order valence-electron chi connectivity index (χ0n) is 5.12. The predicted octanol–water partition coefficient (Wildman–Crippen LogP) is 0.565. The highest BCUT2D eigenvalue weighted by molar-refractivity contribution is 5.89. The van der Waals surface area contributed by atoms with Gasteiger partial charge in [0.2, 0.25) is 5.91 Å². The number of nitrogens with zero attached hydrogens (tertiary/aromatic N) is 1. The molecule has 0 saturated heterocycles. The Morgan fingerprint density at radius 2 is 1.78 bits per heavy atom. The van der Waals surface area contributed by atoms with Gasteiger partial charge in [-0.05, 0) is 0 Å². The normalized spacial score (nSPS) is 7.33. The van der Waals surface area contributed by atoms with Gasteiger partial charge in [0.05, 0.1) is 0 Å². The summed E-state index contributed by atoms with van der Waals surface area (Å²) in [5.41, 5.74) is 0. The highest BCUT2D eigenvalue weighted by atomic mass is 35.5. The van der Waals surface area contributed by atoms with Gasteiger partial charge in [-0.3, -0.25) is 9.69 Å². The lowest BCUT2D eigenvalue weighted by atomic mass is 10.6. The van der Waals surface area contributed by atoms with E-state index < -0.39 is 12.0 Å². The van der Waals surface area contributed by atoms with Crippen molar-refractivity contribution in [2.75, 3.05) is 7.05 Å². The highest BCUT2D eigenvalue weighted by Gasteiger charge is 2.07. The first-order valence-electron chi connectivity index (χ1n) is 2.03. The van der Waals surface area contributed by atoms with Gasteiger partial charge in [-0.1, -0.05) is 0 Å². The first kappa shape index (κ1) is 11.1. The van der Waals surface area contributed by atoms with Gasteiger partial charge in [-0.15, -0.1) is 12.4 Å². The zero-order chi connectivity index (χ0) is 6.73. The molecule has 0 heterocycles. The Bertz CT molecular complexity index is 111. The summed E-state index contributed by atoms with van der Waals surface area (Å²) in [7, 11) is 1.20. The van der Waals surface area contributed by atoms with Crippen LogP contribution in [0.4, 0.5) is 4.79 Å². The van der Waals surface area contributed by atoms with Gasteiger partial charge in [0, 0.05) is 14.0 Å². The van der Waals surface area contributed by atoms with E-state index >= 15 is 0 Å². The third-order valence-corrected chi connectivity index (χ3v) is 0.759. The maximum atomic E-state index is 10.1. The van der Waals surface area contributed by atoms with Gasteiger partial charge in [-0.2, -0.15) is 0 Å². The van der Waals surface area contributed by atoms with Crippen molar-refractivity contribution in [3.05, 3.63) is 0 Å². The van der Waals surface area contributed by atoms with E-state index in [1.807, 2.05) is 0 Å². The molecule has 54 valence electrons. The number of carbonyl (C=O) groups excluding carboxylic acids is 1. The topological polar surface area (TPSA) is 57.6 Å². The molecule has 0 aliphatic heterocycles. The van der Waals surface area contributed by atoms with Crippen LogP contribution >= 0.6 is 12.4 Å². The molecule has 5 heteroatoms.